The van der Waals surface area contributed by atoms with E-state index in [1.807, 2.05) is 12.1 Å². The zero-order chi connectivity index (χ0) is 10.8. The topological polar surface area (TPSA) is 37.3 Å². The van der Waals surface area contributed by atoms with E-state index < -0.39 is 11.1 Å². The van der Waals surface area contributed by atoms with Crippen molar-refractivity contribution < 1.29 is 8.76 Å². The highest BCUT2D eigenvalue weighted by Crippen LogP contribution is 2.20. The van der Waals surface area contributed by atoms with Crippen molar-refractivity contribution in [3.63, 3.8) is 0 Å². The van der Waals surface area contributed by atoms with Crippen LogP contribution in [0.2, 0.25) is 0 Å². The highest BCUT2D eigenvalue weighted by atomic mass is 32.2. The number of hydrogen-bond donors (Lipinski definition) is 1. The van der Waals surface area contributed by atoms with E-state index in [1.54, 1.807) is 12.1 Å². The van der Waals surface area contributed by atoms with Crippen LogP contribution >= 0.6 is 0 Å². The lowest BCUT2D eigenvalue weighted by atomic mass is 9.88. The van der Waals surface area contributed by atoms with Gasteiger partial charge in [-0.05, 0) is 29.5 Å². The predicted octanol–water partition coefficient (Wildman–Crippen LogP) is 2.86. The summed E-state index contributed by atoms with van der Waals surface area (Å²) < 4.78 is 19.5. The van der Waals surface area contributed by atoms with E-state index in [-0.39, 0.29) is 5.41 Å². The molecule has 0 saturated carbocycles. The zero-order valence-corrected chi connectivity index (χ0v) is 9.60. The van der Waals surface area contributed by atoms with Crippen LogP contribution in [0.4, 0.5) is 0 Å². The second-order valence-electron chi connectivity index (χ2n) is 4.63. The van der Waals surface area contributed by atoms with E-state index in [2.05, 4.69) is 20.8 Å². The zero-order valence-electron chi connectivity index (χ0n) is 8.78. The molecule has 2 nitrogen and oxygen atoms in total. The molecule has 0 aromatic heterocycles. The highest BCUT2D eigenvalue weighted by Gasteiger charge is 2.11. The third kappa shape index (κ3) is 3.60. The first-order valence-electron chi connectivity index (χ1n) is 4.58. The molecule has 0 bridgehead atoms. The SMILES string of the molecule is CC(C)(C)Cc1ccc(S(=O)O)cc1. The molecular weight excluding hydrogens is 196 g/mol. The fourth-order valence-electron chi connectivity index (χ4n) is 1.34. The van der Waals surface area contributed by atoms with E-state index in [4.69, 9.17) is 4.55 Å². The molecule has 1 aromatic carbocycles. The summed E-state index contributed by atoms with van der Waals surface area (Å²) >= 11 is -1.86. The summed E-state index contributed by atoms with van der Waals surface area (Å²) in [6, 6.07) is 7.23. The normalized spacial score (nSPS) is 14.0. The molecular formula is C11H16O2S. The van der Waals surface area contributed by atoms with Gasteiger partial charge in [0.05, 0.1) is 4.90 Å². The van der Waals surface area contributed by atoms with Crippen molar-refractivity contribution in [1.29, 1.82) is 0 Å². The summed E-state index contributed by atoms with van der Waals surface area (Å²) in [5.74, 6) is 0. The summed E-state index contributed by atoms with van der Waals surface area (Å²) in [7, 11) is 0. The van der Waals surface area contributed by atoms with Crippen molar-refractivity contribution in [2.45, 2.75) is 32.1 Å². The van der Waals surface area contributed by atoms with Gasteiger partial charge in [-0.1, -0.05) is 32.9 Å². The minimum atomic E-state index is -1.86. The second-order valence-corrected chi connectivity index (χ2v) is 5.60. The molecule has 0 heterocycles. The number of benzene rings is 1. The first-order valence-corrected chi connectivity index (χ1v) is 5.69. The van der Waals surface area contributed by atoms with Crippen LogP contribution in [-0.2, 0) is 17.5 Å². The Balaban J connectivity index is 2.79. The summed E-state index contributed by atoms with van der Waals surface area (Å²) in [5.41, 5.74) is 1.45. The molecule has 0 aliphatic heterocycles. The van der Waals surface area contributed by atoms with Crippen molar-refractivity contribution in [3.8, 4) is 0 Å². The molecule has 1 rings (SSSR count). The number of hydrogen-bond acceptors (Lipinski definition) is 1. The van der Waals surface area contributed by atoms with Crippen LogP contribution in [-0.4, -0.2) is 8.76 Å². The Hall–Kier alpha value is -0.670. The van der Waals surface area contributed by atoms with Gasteiger partial charge in [-0.3, -0.25) is 0 Å². The van der Waals surface area contributed by atoms with Gasteiger partial charge >= 0.3 is 0 Å². The van der Waals surface area contributed by atoms with Crippen LogP contribution < -0.4 is 0 Å². The Labute approximate surface area is 87.6 Å². The molecule has 0 spiro atoms. The second kappa shape index (κ2) is 4.24. The lowest BCUT2D eigenvalue weighted by Gasteiger charge is -2.17. The summed E-state index contributed by atoms with van der Waals surface area (Å²) in [6.45, 7) is 6.52. The van der Waals surface area contributed by atoms with E-state index in [9.17, 15) is 4.21 Å². The number of rotatable bonds is 2. The van der Waals surface area contributed by atoms with Crippen molar-refractivity contribution in [3.05, 3.63) is 29.8 Å². The Bertz CT molecular complexity index is 322. The average Bonchev–Trinajstić information content (AvgIpc) is 2.02. The highest BCUT2D eigenvalue weighted by molar-refractivity contribution is 7.79. The Morgan fingerprint density at radius 3 is 2.07 bits per heavy atom. The van der Waals surface area contributed by atoms with Gasteiger partial charge in [0.25, 0.3) is 0 Å². The van der Waals surface area contributed by atoms with Crippen LogP contribution in [0.15, 0.2) is 29.2 Å². The van der Waals surface area contributed by atoms with Crippen molar-refractivity contribution >= 4 is 11.1 Å². The van der Waals surface area contributed by atoms with Crippen LogP contribution in [0.25, 0.3) is 0 Å². The fourth-order valence-corrected chi connectivity index (χ4v) is 1.71. The first kappa shape index (κ1) is 11.4. The van der Waals surface area contributed by atoms with Gasteiger partial charge in [0, 0.05) is 0 Å². The van der Waals surface area contributed by atoms with Gasteiger partial charge in [0.1, 0.15) is 0 Å². The molecule has 0 aliphatic carbocycles. The van der Waals surface area contributed by atoms with Crippen molar-refractivity contribution in [1.82, 2.24) is 0 Å². The van der Waals surface area contributed by atoms with E-state index in [0.29, 0.717) is 4.90 Å². The maximum atomic E-state index is 10.7. The maximum absolute atomic E-state index is 10.7. The molecule has 0 amide bonds. The molecule has 0 radical (unpaired) electrons. The monoisotopic (exact) mass is 212 g/mol. The molecule has 14 heavy (non-hydrogen) atoms. The predicted molar refractivity (Wildman–Crippen MR) is 58.6 cm³/mol. The van der Waals surface area contributed by atoms with Gasteiger partial charge in [0.15, 0.2) is 11.1 Å². The van der Waals surface area contributed by atoms with Crippen molar-refractivity contribution in [2.24, 2.45) is 5.41 Å². The molecule has 1 aromatic rings. The fraction of sp³-hybridized carbons (Fsp3) is 0.455. The molecule has 0 saturated heterocycles. The lowest BCUT2D eigenvalue weighted by Crippen LogP contribution is -2.08. The molecule has 0 fully saturated rings. The quantitative estimate of drug-likeness (QED) is 0.765. The smallest absolute Gasteiger partial charge is 0.186 e. The minimum Gasteiger partial charge on any atom is -0.302 e. The van der Waals surface area contributed by atoms with Crippen LogP contribution in [0.1, 0.15) is 26.3 Å². The molecule has 1 unspecified atom stereocenters. The summed E-state index contributed by atoms with van der Waals surface area (Å²) in [5, 5.41) is 0. The van der Waals surface area contributed by atoms with Gasteiger partial charge < -0.3 is 4.55 Å². The Morgan fingerprint density at radius 2 is 1.71 bits per heavy atom. The van der Waals surface area contributed by atoms with Crippen LogP contribution in [0.3, 0.4) is 0 Å². The third-order valence-electron chi connectivity index (χ3n) is 1.86. The van der Waals surface area contributed by atoms with Crippen LogP contribution in [0.5, 0.6) is 0 Å². The lowest BCUT2D eigenvalue weighted by molar-refractivity contribution is 0.411. The molecule has 0 aliphatic rings. The van der Waals surface area contributed by atoms with Gasteiger partial charge in [0.2, 0.25) is 0 Å². The molecule has 3 heteroatoms. The summed E-state index contributed by atoms with van der Waals surface area (Å²) in [4.78, 5) is 0.461. The van der Waals surface area contributed by atoms with E-state index >= 15 is 0 Å². The van der Waals surface area contributed by atoms with Crippen molar-refractivity contribution in [2.75, 3.05) is 0 Å². The third-order valence-corrected chi connectivity index (χ3v) is 2.53. The average molecular weight is 212 g/mol. The maximum Gasteiger partial charge on any atom is 0.186 e. The van der Waals surface area contributed by atoms with E-state index in [1.165, 1.54) is 5.56 Å². The first-order chi connectivity index (χ1) is 6.38. The summed E-state index contributed by atoms with van der Waals surface area (Å²) in [6.07, 6.45) is 0.978. The van der Waals surface area contributed by atoms with Gasteiger partial charge in [-0.25, -0.2) is 4.21 Å². The van der Waals surface area contributed by atoms with Gasteiger partial charge in [-0.15, -0.1) is 0 Å². The Kier molecular flexibility index (Phi) is 3.45. The van der Waals surface area contributed by atoms with E-state index in [0.717, 1.165) is 6.42 Å². The molecule has 1 N–H and O–H groups in total. The molecule has 78 valence electrons. The standard InChI is InChI=1S/C11H16O2S/c1-11(2,3)8-9-4-6-10(7-5-9)14(12)13/h4-7H,8H2,1-3H3,(H,12,13). The largest absolute Gasteiger partial charge is 0.302 e. The Morgan fingerprint density at radius 1 is 1.21 bits per heavy atom. The van der Waals surface area contributed by atoms with Crippen LogP contribution in [0, 0.1) is 5.41 Å². The minimum absolute atomic E-state index is 0.250. The van der Waals surface area contributed by atoms with Gasteiger partial charge in [-0.2, -0.15) is 0 Å². The molecule has 1 atom stereocenters.